The number of aromatic nitrogens is 6. The number of benzene rings is 1. The molecule has 27 heavy (non-hydrogen) atoms. The number of piperidine rings is 1. The predicted octanol–water partition coefficient (Wildman–Crippen LogP) is 2.25. The van der Waals surface area contributed by atoms with Gasteiger partial charge < -0.3 is 10.3 Å². The van der Waals surface area contributed by atoms with Gasteiger partial charge in [-0.15, -0.1) is 0 Å². The van der Waals surface area contributed by atoms with Gasteiger partial charge in [-0.1, -0.05) is 19.9 Å². The minimum Gasteiger partial charge on any atom is -0.317 e. The fourth-order valence-corrected chi connectivity index (χ4v) is 3.70. The number of hydrogen-bond donors (Lipinski definition) is 2. The fraction of sp³-hybridized carbons (Fsp3) is 0.368. The van der Waals surface area contributed by atoms with Gasteiger partial charge in [0.1, 0.15) is 18.3 Å². The average molecular weight is 365 g/mol. The molecule has 0 bridgehead atoms. The number of nitrogens with one attached hydrogen (secondary N) is 2. The molecule has 0 amide bonds. The Morgan fingerprint density at radius 3 is 2.74 bits per heavy atom. The lowest BCUT2D eigenvalue weighted by Gasteiger charge is -2.23. The normalized spacial score (nSPS) is 15.0. The zero-order valence-electron chi connectivity index (χ0n) is 15.5. The van der Waals surface area contributed by atoms with Gasteiger partial charge in [0.25, 0.3) is 5.56 Å². The van der Waals surface area contributed by atoms with Crippen molar-refractivity contribution in [3.63, 3.8) is 0 Å². The van der Waals surface area contributed by atoms with Gasteiger partial charge in [-0.2, -0.15) is 10.2 Å². The van der Waals surface area contributed by atoms with Gasteiger partial charge >= 0.3 is 0 Å². The molecule has 0 aliphatic carbocycles. The third-order valence-electron chi connectivity index (χ3n) is 4.86. The Morgan fingerprint density at radius 1 is 1.19 bits per heavy atom. The average Bonchev–Trinajstić information content (AvgIpc) is 3.37. The van der Waals surface area contributed by atoms with Crippen molar-refractivity contribution in [2.24, 2.45) is 0 Å². The van der Waals surface area contributed by atoms with E-state index in [9.17, 15) is 4.79 Å². The summed E-state index contributed by atoms with van der Waals surface area (Å²) in [5, 5.41) is 13.2. The maximum absolute atomic E-state index is 12.3. The van der Waals surface area contributed by atoms with Crippen LogP contribution in [0.25, 0.3) is 22.2 Å². The van der Waals surface area contributed by atoms with Crippen LogP contribution < -0.4 is 10.9 Å². The Labute approximate surface area is 156 Å². The smallest absolute Gasteiger partial charge is 0.251 e. The van der Waals surface area contributed by atoms with Crippen LogP contribution in [0, 0.1) is 0 Å². The second-order valence-electron chi connectivity index (χ2n) is 6.35. The number of nitrogens with zero attached hydrogens (tertiary/aromatic N) is 5. The highest BCUT2D eigenvalue weighted by molar-refractivity contribution is 5.98. The van der Waals surface area contributed by atoms with Crippen LogP contribution in [0.4, 0.5) is 0 Å². The van der Waals surface area contributed by atoms with Crippen LogP contribution >= 0.6 is 0 Å². The Balaban J connectivity index is 0.000000872. The summed E-state index contributed by atoms with van der Waals surface area (Å²) in [7, 11) is 0. The Kier molecular flexibility index (Phi) is 4.72. The highest BCUT2D eigenvalue weighted by Crippen LogP contribution is 2.29. The van der Waals surface area contributed by atoms with Crippen LogP contribution in [-0.2, 0) is 0 Å². The maximum Gasteiger partial charge on any atom is 0.251 e. The monoisotopic (exact) mass is 365 g/mol. The van der Waals surface area contributed by atoms with Crippen LogP contribution in [0.15, 0.2) is 41.7 Å². The molecule has 3 aromatic heterocycles. The molecule has 1 aromatic carbocycles. The van der Waals surface area contributed by atoms with Crippen molar-refractivity contribution in [3.8, 4) is 5.69 Å². The largest absolute Gasteiger partial charge is 0.317 e. The standard InChI is InChI=1S/C17H17N7O.C2H6/c25-15-8-14(11-4-6-18-7-5-11)24-17(21-15)16-12(22-24)2-1-3-13(16)23-10-19-9-20-23;1-2/h1-3,8-11,18H,4-7H2,(H,21,25);1-2H3. The third kappa shape index (κ3) is 3.02. The van der Waals surface area contributed by atoms with Crippen LogP contribution in [0.1, 0.15) is 38.3 Å². The zero-order valence-corrected chi connectivity index (χ0v) is 15.5. The van der Waals surface area contributed by atoms with E-state index in [1.54, 1.807) is 17.1 Å². The van der Waals surface area contributed by atoms with E-state index in [-0.39, 0.29) is 5.56 Å². The van der Waals surface area contributed by atoms with Gasteiger partial charge in [0, 0.05) is 12.0 Å². The summed E-state index contributed by atoms with van der Waals surface area (Å²) >= 11 is 0. The van der Waals surface area contributed by atoms with E-state index in [4.69, 9.17) is 5.10 Å². The maximum atomic E-state index is 12.3. The van der Waals surface area contributed by atoms with Crippen molar-refractivity contribution < 1.29 is 0 Å². The molecule has 5 rings (SSSR count). The Bertz CT molecular complexity index is 1100. The molecule has 1 saturated heterocycles. The van der Waals surface area contributed by atoms with E-state index in [1.165, 1.54) is 6.33 Å². The molecule has 0 radical (unpaired) electrons. The first-order valence-corrected chi connectivity index (χ1v) is 9.41. The molecule has 0 saturated carbocycles. The Morgan fingerprint density at radius 2 is 2.00 bits per heavy atom. The number of H-pyrrole nitrogens is 1. The minimum atomic E-state index is -0.101. The first-order valence-electron chi connectivity index (χ1n) is 9.41. The lowest BCUT2D eigenvalue weighted by Crippen LogP contribution is -2.28. The number of hydrogen-bond acceptors (Lipinski definition) is 5. The highest BCUT2D eigenvalue weighted by atomic mass is 16.1. The molecule has 4 heterocycles. The Hall–Kier alpha value is -3.00. The first kappa shape index (κ1) is 17.4. The van der Waals surface area contributed by atoms with Gasteiger partial charge in [-0.25, -0.2) is 14.2 Å². The van der Waals surface area contributed by atoms with Gasteiger partial charge in [-0.3, -0.25) is 4.79 Å². The van der Waals surface area contributed by atoms with Crippen molar-refractivity contribution >= 4 is 16.6 Å². The molecule has 2 N–H and O–H groups in total. The fourth-order valence-electron chi connectivity index (χ4n) is 3.70. The van der Waals surface area contributed by atoms with Crippen molar-refractivity contribution in [2.45, 2.75) is 32.6 Å². The van der Waals surface area contributed by atoms with Crippen LogP contribution in [0.3, 0.4) is 0 Å². The minimum absolute atomic E-state index is 0.101. The summed E-state index contributed by atoms with van der Waals surface area (Å²) in [6, 6.07) is 7.53. The number of rotatable bonds is 2. The summed E-state index contributed by atoms with van der Waals surface area (Å²) in [6.45, 7) is 5.92. The zero-order chi connectivity index (χ0) is 18.8. The summed E-state index contributed by atoms with van der Waals surface area (Å²) in [4.78, 5) is 19.3. The topological polar surface area (TPSA) is 92.9 Å². The summed E-state index contributed by atoms with van der Waals surface area (Å²) in [5.74, 6) is 0.329. The van der Waals surface area contributed by atoms with Crippen molar-refractivity contribution in [3.05, 3.63) is 53.0 Å². The van der Waals surface area contributed by atoms with E-state index in [0.717, 1.165) is 48.2 Å². The predicted molar refractivity (Wildman–Crippen MR) is 104 cm³/mol. The molecule has 0 unspecified atom stereocenters. The number of fused-ring (bicyclic) bond motifs is 3. The molecule has 140 valence electrons. The van der Waals surface area contributed by atoms with Gasteiger partial charge in [0.2, 0.25) is 0 Å². The molecular formula is C19H23N7O. The second-order valence-corrected chi connectivity index (χ2v) is 6.35. The lowest BCUT2D eigenvalue weighted by molar-refractivity contribution is 0.446. The lowest BCUT2D eigenvalue weighted by atomic mass is 9.94. The summed E-state index contributed by atoms with van der Waals surface area (Å²) < 4.78 is 3.59. The SMILES string of the molecule is CC.O=c1cc(C2CCNCC2)n2nc3cccc(-n4cncn4)c3c2[nH]1. The summed E-state index contributed by atoms with van der Waals surface area (Å²) in [6.07, 6.45) is 5.15. The molecule has 0 atom stereocenters. The van der Waals surface area contributed by atoms with Crippen molar-refractivity contribution in [1.82, 2.24) is 34.7 Å². The van der Waals surface area contributed by atoms with Gasteiger partial charge in [-0.05, 0) is 38.1 Å². The molecule has 0 spiro atoms. The summed E-state index contributed by atoms with van der Waals surface area (Å²) in [5.41, 5.74) is 3.26. The van der Waals surface area contributed by atoms with E-state index >= 15 is 0 Å². The molecule has 8 nitrogen and oxygen atoms in total. The van der Waals surface area contributed by atoms with E-state index in [1.807, 2.05) is 36.6 Å². The molecule has 4 aromatic rings. The van der Waals surface area contributed by atoms with E-state index in [0.29, 0.717) is 11.6 Å². The van der Waals surface area contributed by atoms with Gasteiger partial charge in [0.15, 0.2) is 0 Å². The second kappa shape index (κ2) is 7.32. The van der Waals surface area contributed by atoms with E-state index in [2.05, 4.69) is 20.4 Å². The van der Waals surface area contributed by atoms with Crippen LogP contribution in [0.2, 0.25) is 0 Å². The molecule has 1 aliphatic rings. The van der Waals surface area contributed by atoms with Crippen molar-refractivity contribution in [1.29, 1.82) is 0 Å². The number of aromatic amines is 1. The van der Waals surface area contributed by atoms with E-state index < -0.39 is 0 Å². The van der Waals surface area contributed by atoms with Crippen LogP contribution in [-0.4, -0.2) is 42.5 Å². The quantitative estimate of drug-likeness (QED) is 0.568. The molecule has 8 heteroatoms. The van der Waals surface area contributed by atoms with Gasteiger partial charge in [0.05, 0.1) is 22.3 Å². The first-order chi connectivity index (χ1) is 13.3. The third-order valence-corrected chi connectivity index (χ3v) is 4.86. The molecular weight excluding hydrogens is 342 g/mol. The van der Waals surface area contributed by atoms with Crippen LogP contribution in [0.5, 0.6) is 0 Å². The molecule has 1 fully saturated rings. The van der Waals surface area contributed by atoms with Crippen molar-refractivity contribution in [2.75, 3.05) is 13.1 Å². The highest BCUT2D eigenvalue weighted by Gasteiger charge is 2.21. The molecule has 1 aliphatic heterocycles.